The van der Waals surface area contributed by atoms with E-state index in [1.54, 1.807) is 42.5 Å². The van der Waals surface area contributed by atoms with E-state index in [1.807, 2.05) is 6.07 Å². The Kier molecular flexibility index (Phi) is 4.44. The zero-order valence-electron chi connectivity index (χ0n) is 13.2. The van der Waals surface area contributed by atoms with Crippen LogP contribution in [0.3, 0.4) is 0 Å². The number of fused-ring (bicyclic) bond motifs is 1. The first-order valence-corrected chi connectivity index (χ1v) is 8.24. The van der Waals surface area contributed by atoms with Gasteiger partial charge in [0.15, 0.2) is 6.29 Å². The van der Waals surface area contributed by atoms with Gasteiger partial charge in [0.05, 0.1) is 17.6 Å². The van der Waals surface area contributed by atoms with Gasteiger partial charge >= 0.3 is 0 Å². The van der Waals surface area contributed by atoms with Gasteiger partial charge < -0.3 is 18.6 Å². The molecule has 25 heavy (non-hydrogen) atoms. The van der Waals surface area contributed by atoms with Gasteiger partial charge in [-0.15, -0.1) is 0 Å². The molecule has 0 unspecified atom stereocenters. The van der Waals surface area contributed by atoms with Gasteiger partial charge in [-0.25, -0.2) is 0 Å². The summed E-state index contributed by atoms with van der Waals surface area (Å²) in [5.41, 5.74) is 0.746. The van der Waals surface area contributed by atoms with Crippen molar-refractivity contribution in [3.63, 3.8) is 0 Å². The lowest BCUT2D eigenvalue weighted by Crippen LogP contribution is -2.20. The van der Waals surface area contributed by atoms with E-state index >= 15 is 0 Å². The SMILES string of the molecule is O=c1c([C@@H]2OC[C@H](COc3ccc(Cl)cc3)O2)coc2ccccc12. The molecule has 0 radical (unpaired) electrons. The summed E-state index contributed by atoms with van der Waals surface area (Å²) < 4.78 is 22.6. The first kappa shape index (κ1) is 16.1. The molecule has 1 aliphatic rings. The fraction of sp³-hybridized carbons (Fsp3) is 0.211. The molecule has 0 N–H and O–H groups in total. The Balaban J connectivity index is 1.44. The first-order valence-electron chi connectivity index (χ1n) is 7.86. The molecule has 0 saturated carbocycles. The van der Waals surface area contributed by atoms with E-state index in [-0.39, 0.29) is 11.5 Å². The molecule has 0 spiro atoms. The molecular weight excluding hydrogens is 344 g/mol. The van der Waals surface area contributed by atoms with E-state index in [0.29, 0.717) is 40.5 Å². The van der Waals surface area contributed by atoms with E-state index in [4.69, 9.17) is 30.2 Å². The van der Waals surface area contributed by atoms with Crippen molar-refractivity contribution in [1.29, 1.82) is 0 Å². The van der Waals surface area contributed by atoms with Crippen LogP contribution >= 0.6 is 11.6 Å². The summed E-state index contributed by atoms with van der Waals surface area (Å²) in [4.78, 5) is 12.6. The minimum Gasteiger partial charge on any atom is -0.491 e. The second-order valence-corrected chi connectivity index (χ2v) is 6.14. The maximum atomic E-state index is 12.6. The lowest BCUT2D eigenvalue weighted by Gasteiger charge is -2.12. The summed E-state index contributed by atoms with van der Waals surface area (Å²) in [6, 6.07) is 14.2. The van der Waals surface area contributed by atoms with Gasteiger partial charge in [-0.05, 0) is 36.4 Å². The Labute approximate surface area is 148 Å². The molecule has 1 aliphatic heterocycles. The number of ether oxygens (including phenoxy) is 3. The quantitative estimate of drug-likeness (QED) is 0.707. The van der Waals surface area contributed by atoms with Crippen molar-refractivity contribution >= 4 is 22.6 Å². The van der Waals surface area contributed by atoms with Crippen LogP contribution in [0.15, 0.2) is 64.0 Å². The molecule has 0 aliphatic carbocycles. The van der Waals surface area contributed by atoms with Crippen molar-refractivity contribution < 1.29 is 18.6 Å². The van der Waals surface area contributed by atoms with Gasteiger partial charge in [-0.3, -0.25) is 4.79 Å². The smallest absolute Gasteiger partial charge is 0.200 e. The van der Waals surface area contributed by atoms with Crippen LogP contribution in [0, 0.1) is 0 Å². The second-order valence-electron chi connectivity index (χ2n) is 5.70. The van der Waals surface area contributed by atoms with Crippen LogP contribution in [0.2, 0.25) is 5.02 Å². The van der Waals surface area contributed by atoms with Crippen LogP contribution < -0.4 is 10.2 Å². The Hall–Kier alpha value is -2.34. The fourth-order valence-corrected chi connectivity index (χ4v) is 2.80. The zero-order chi connectivity index (χ0) is 17.2. The molecule has 2 heterocycles. The summed E-state index contributed by atoms with van der Waals surface area (Å²) in [6.45, 7) is 0.654. The lowest BCUT2D eigenvalue weighted by molar-refractivity contribution is -0.0673. The summed E-state index contributed by atoms with van der Waals surface area (Å²) in [7, 11) is 0. The number of para-hydroxylation sites is 1. The van der Waals surface area contributed by atoms with Gasteiger partial charge in [-0.2, -0.15) is 0 Å². The third kappa shape index (κ3) is 3.39. The largest absolute Gasteiger partial charge is 0.491 e. The molecule has 0 amide bonds. The van der Waals surface area contributed by atoms with Crippen molar-refractivity contribution in [2.45, 2.75) is 12.4 Å². The van der Waals surface area contributed by atoms with E-state index in [0.717, 1.165) is 0 Å². The Morgan fingerprint density at radius 1 is 1.12 bits per heavy atom. The maximum Gasteiger partial charge on any atom is 0.200 e. The zero-order valence-corrected chi connectivity index (χ0v) is 13.9. The molecule has 2 atom stereocenters. The number of hydrogen-bond donors (Lipinski definition) is 0. The summed E-state index contributed by atoms with van der Waals surface area (Å²) in [5.74, 6) is 0.696. The highest BCUT2D eigenvalue weighted by Crippen LogP contribution is 2.27. The molecule has 3 aromatic rings. The highest BCUT2D eigenvalue weighted by molar-refractivity contribution is 6.30. The highest BCUT2D eigenvalue weighted by Gasteiger charge is 2.30. The molecule has 5 nitrogen and oxygen atoms in total. The Morgan fingerprint density at radius 2 is 1.92 bits per heavy atom. The lowest BCUT2D eigenvalue weighted by atomic mass is 10.2. The topological polar surface area (TPSA) is 57.9 Å². The summed E-state index contributed by atoms with van der Waals surface area (Å²) in [5, 5.41) is 1.16. The molecule has 128 valence electrons. The van der Waals surface area contributed by atoms with Crippen molar-refractivity contribution in [2.75, 3.05) is 13.2 Å². The molecule has 2 aromatic carbocycles. The average Bonchev–Trinajstić information content (AvgIpc) is 3.10. The molecular formula is C19H15ClO5. The van der Waals surface area contributed by atoms with Crippen LogP contribution in [-0.4, -0.2) is 19.3 Å². The van der Waals surface area contributed by atoms with Gasteiger partial charge in [0.25, 0.3) is 0 Å². The third-order valence-corrected chi connectivity index (χ3v) is 4.21. The molecule has 0 bridgehead atoms. The normalized spacial score (nSPS) is 20.0. The third-order valence-electron chi connectivity index (χ3n) is 3.96. The minimum atomic E-state index is -0.750. The molecule has 6 heteroatoms. The highest BCUT2D eigenvalue weighted by atomic mass is 35.5. The van der Waals surface area contributed by atoms with Crippen LogP contribution in [0.5, 0.6) is 5.75 Å². The molecule has 4 rings (SSSR count). The maximum absolute atomic E-state index is 12.6. The molecule has 1 saturated heterocycles. The standard InChI is InChI=1S/C19H15ClO5/c20-12-5-7-13(8-6-12)22-9-14-10-24-19(25-14)16-11-23-17-4-2-1-3-15(17)18(16)21/h1-8,11,14,19H,9-10H2/t14-,19+/m0/s1. The number of rotatable bonds is 4. The van der Waals surface area contributed by atoms with Gasteiger partial charge in [-0.1, -0.05) is 23.7 Å². The molecule has 1 fully saturated rings. The van der Waals surface area contributed by atoms with Crippen molar-refractivity contribution in [3.8, 4) is 5.75 Å². The summed E-state index contributed by atoms with van der Waals surface area (Å²) >= 11 is 5.84. The fourth-order valence-electron chi connectivity index (χ4n) is 2.67. The minimum absolute atomic E-state index is 0.147. The average molecular weight is 359 g/mol. The molecule has 1 aromatic heterocycles. The van der Waals surface area contributed by atoms with Crippen molar-refractivity contribution in [1.82, 2.24) is 0 Å². The second kappa shape index (κ2) is 6.88. The van der Waals surface area contributed by atoms with E-state index in [9.17, 15) is 4.79 Å². The Morgan fingerprint density at radius 3 is 2.76 bits per heavy atom. The number of benzene rings is 2. The van der Waals surface area contributed by atoms with E-state index in [1.165, 1.54) is 6.26 Å². The van der Waals surface area contributed by atoms with Gasteiger partial charge in [0.1, 0.15) is 30.3 Å². The van der Waals surface area contributed by atoms with Gasteiger partial charge in [0.2, 0.25) is 5.43 Å². The predicted octanol–water partition coefficient (Wildman–Crippen LogP) is 3.94. The van der Waals surface area contributed by atoms with Crippen LogP contribution in [0.1, 0.15) is 11.9 Å². The number of halogens is 1. The van der Waals surface area contributed by atoms with Crippen LogP contribution in [0.25, 0.3) is 11.0 Å². The van der Waals surface area contributed by atoms with Crippen molar-refractivity contribution in [3.05, 3.63) is 75.6 Å². The Bertz CT molecular complexity index is 934. The van der Waals surface area contributed by atoms with Gasteiger partial charge in [0, 0.05) is 5.02 Å². The predicted molar refractivity (Wildman–Crippen MR) is 93.0 cm³/mol. The van der Waals surface area contributed by atoms with E-state index < -0.39 is 6.29 Å². The monoisotopic (exact) mass is 358 g/mol. The summed E-state index contributed by atoms with van der Waals surface area (Å²) in [6.07, 6.45) is 0.379. The first-order chi connectivity index (χ1) is 12.2. The van der Waals surface area contributed by atoms with E-state index in [2.05, 4.69) is 0 Å². The van der Waals surface area contributed by atoms with Crippen LogP contribution in [0.4, 0.5) is 0 Å². The van der Waals surface area contributed by atoms with Crippen LogP contribution in [-0.2, 0) is 9.47 Å². The number of hydrogen-bond acceptors (Lipinski definition) is 5. The van der Waals surface area contributed by atoms with Crippen molar-refractivity contribution in [2.24, 2.45) is 0 Å².